The molecule has 0 fully saturated rings. The third kappa shape index (κ3) is 10.6. The van der Waals surface area contributed by atoms with Gasteiger partial charge in [-0.05, 0) is 148 Å². The molecule has 3 aromatic heterocycles. The minimum atomic E-state index is -3.26. The maximum Gasteiger partial charge on any atom is 0.173 e. The molecule has 3 atom stereocenters. The lowest BCUT2D eigenvalue weighted by atomic mass is 9.99. The summed E-state index contributed by atoms with van der Waals surface area (Å²) in [5, 5.41) is 26.4. The first-order valence-corrected chi connectivity index (χ1v) is 47.7. The Kier molecular flexibility index (Phi) is 16.5. The fourth-order valence-electron chi connectivity index (χ4n) is 21.3. The summed E-state index contributed by atoms with van der Waals surface area (Å²) in [6.07, 6.45) is 0. The average molecular weight is 1650 g/mol. The van der Waals surface area contributed by atoms with Gasteiger partial charge in [0.15, 0.2) is 21.4 Å². The Bertz CT molecular complexity index is 8840. The summed E-state index contributed by atoms with van der Waals surface area (Å²) in [5.74, 6) is 0. The molecule has 9 heteroatoms. The lowest BCUT2D eigenvalue weighted by Gasteiger charge is -2.19. The molecular formula is C116H74N3O3P3. The molecule has 24 aromatic rings. The molecule has 3 unspecified atom stereocenters. The zero-order valence-corrected chi connectivity index (χ0v) is 70.3. The molecule has 125 heavy (non-hydrogen) atoms. The molecular weight excluding hydrogens is 1580 g/mol. The summed E-state index contributed by atoms with van der Waals surface area (Å²) in [7, 11) is -9.73. The molecule has 6 nitrogen and oxygen atoms in total. The normalized spacial score (nSPS) is 15.9. The summed E-state index contributed by atoms with van der Waals surface area (Å²) in [4.78, 5) is 0. The van der Waals surface area contributed by atoms with E-state index >= 15 is 13.7 Å². The highest BCUT2D eigenvalue weighted by molar-refractivity contribution is 7.88. The molecule has 21 aromatic carbocycles. The molecule has 0 saturated carbocycles. The van der Waals surface area contributed by atoms with Gasteiger partial charge in [-0.2, -0.15) is 0 Å². The van der Waals surface area contributed by atoms with Crippen LogP contribution in [0.5, 0.6) is 0 Å². The number of aromatic nitrogens is 3. The van der Waals surface area contributed by atoms with Crippen molar-refractivity contribution in [2.45, 2.75) is 0 Å². The first-order valence-electron chi connectivity index (χ1n) is 42.6. The predicted octanol–water partition coefficient (Wildman–Crippen LogP) is 26.6. The maximum absolute atomic E-state index is 16.2. The van der Waals surface area contributed by atoms with Crippen molar-refractivity contribution in [3.63, 3.8) is 0 Å². The van der Waals surface area contributed by atoms with Crippen LogP contribution >= 0.6 is 21.4 Å². The summed E-state index contributed by atoms with van der Waals surface area (Å²) in [6.45, 7) is 0. The SMILES string of the molecule is O=P1(c2ccccc2)c2c(ccc3ccccc23)-c2ccc3c(c21)c1ccccc1n3-c1ccc2ccccc2c1.O=P1(c2ccccc2)c2c(ccc3ccccc23)-c2ccc3c(c21)c1ccccc1n3-c1cccc2ccccc12.O=P1(c2ccccc2)c2c(ccc3ccccc23)-c2ccc3c(c21)c1ccccc1n3-c1ccccc1-c1ccccc1. The number of benzene rings is 21. The first-order chi connectivity index (χ1) is 61.7. The highest BCUT2D eigenvalue weighted by Gasteiger charge is 2.48. The van der Waals surface area contributed by atoms with Gasteiger partial charge in [-0.25, -0.2) is 0 Å². The van der Waals surface area contributed by atoms with Gasteiger partial charge in [0.1, 0.15) is 0 Å². The Hall–Kier alpha value is -15.0. The molecule has 0 saturated heterocycles. The zero-order chi connectivity index (χ0) is 82.8. The van der Waals surface area contributed by atoms with Crippen LogP contribution in [0.2, 0.25) is 0 Å². The number of nitrogens with zero attached hydrogens (tertiary/aromatic N) is 3. The van der Waals surface area contributed by atoms with Crippen molar-refractivity contribution in [3.05, 3.63) is 449 Å². The number of fused-ring (bicyclic) bond motifs is 29. The van der Waals surface area contributed by atoms with Crippen LogP contribution in [0.4, 0.5) is 0 Å². The van der Waals surface area contributed by atoms with Gasteiger partial charge in [0.05, 0.1) is 44.5 Å². The van der Waals surface area contributed by atoms with Crippen LogP contribution in [0.1, 0.15) is 0 Å². The number of hydrogen-bond donors (Lipinski definition) is 0. The van der Waals surface area contributed by atoms with Crippen molar-refractivity contribution in [3.8, 4) is 61.6 Å². The van der Waals surface area contributed by atoms with Crippen molar-refractivity contribution in [2.75, 3.05) is 0 Å². The summed E-state index contributed by atoms with van der Waals surface area (Å²) < 4.78 is 55.3. The van der Waals surface area contributed by atoms with Crippen LogP contribution in [-0.2, 0) is 13.7 Å². The van der Waals surface area contributed by atoms with Crippen molar-refractivity contribution in [2.24, 2.45) is 0 Å². The molecule has 586 valence electrons. The van der Waals surface area contributed by atoms with Gasteiger partial charge in [-0.15, -0.1) is 0 Å². The quantitative estimate of drug-likeness (QED) is 0.149. The molecule has 3 aliphatic rings. The van der Waals surface area contributed by atoms with Crippen molar-refractivity contribution < 1.29 is 13.7 Å². The van der Waals surface area contributed by atoms with E-state index < -0.39 is 21.4 Å². The van der Waals surface area contributed by atoms with E-state index in [-0.39, 0.29) is 0 Å². The molecule has 0 spiro atoms. The third-order valence-corrected chi connectivity index (χ3v) is 36.2. The van der Waals surface area contributed by atoms with Crippen LogP contribution in [0, 0.1) is 0 Å². The topological polar surface area (TPSA) is 66.0 Å². The van der Waals surface area contributed by atoms with E-state index in [1.807, 2.05) is 91.0 Å². The summed E-state index contributed by atoms with van der Waals surface area (Å²) in [5.41, 5.74) is 18.7. The second kappa shape index (κ2) is 28.3. The maximum atomic E-state index is 16.2. The molecule has 6 heterocycles. The number of rotatable bonds is 7. The monoisotopic (exact) mass is 1650 g/mol. The Labute approximate surface area is 721 Å². The van der Waals surface area contributed by atoms with E-state index in [4.69, 9.17) is 0 Å². The van der Waals surface area contributed by atoms with E-state index in [0.717, 1.165) is 201 Å². The van der Waals surface area contributed by atoms with E-state index in [1.54, 1.807) is 0 Å². The first kappa shape index (κ1) is 72.8. The highest BCUT2D eigenvalue weighted by Crippen LogP contribution is 2.61. The van der Waals surface area contributed by atoms with Crippen LogP contribution < -0.4 is 47.7 Å². The van der Waals surface area contributed by atoms with Crippen molar-refractivity contribution >= 4 is 188 Å². The lowest BCUT2D eigenvalue weighted by Crippen LogP contribution is -2.22. The fraction of sp³-hybridized carbons (Fsp3) is 0. The molecule has 27 rings (SSSR count). The van der Waals surface area contributed by atoms with Crippen LogP contribution in [-0.4, -0.2) is 13.7 Å². The summed E-state index contributed by atoms with van der Waals surface area (Å²) >= 11 is 0. The largest absolute Gasteiger partial charge is 0.309 e. The minimum Gasteiger partial charge on any atom is -0.309 e. The van der Waals surface area contributed by atoms with Gasteiger partial charge < -0.3 is 27.4 Å². The molecule has 3 aliphatic heterocycles. The van der Waals surface area contributed by atoms with Crippen LogP contribution in [0.3, 0.4) is 0 Å². The van der Waals surface area contributed by atoms with Gasteiger partial charge >= 0.3 is 0 Å². The highest BCUT2D eigenvalue weighted by atomic mass is 31.2. The van der Waals surface area contributed by atoms with Gasteiger partial charge in [0.2, 0.25) is 0 Å². The minimum absolute atomic E-state index is 0.875. The Morgan fingerprint density at radius 1 is 0.168 bits per heavy atom. The Morgan fingerprint density at radius 2 is 0.456 bits per heavy atom. The van der Waals surface area contributed by atoms with Crippen LogP contribution in [0.25, 0.3) is 181 Å². The van der Waals surface area contributed by atoms with Gasteiger partial charge in [-0.1, -0.05) is 388 Å². The fourth-order valence-corrected chi connectivity index (χ4v) is 31.7. The second-order valence-electron chi connectivity index (χ2n) is 32.9. The third-order valence-electron chi connectivity index (χ3n) is 26.5. The lowest BCUT2D eigenvalue weighted by molar-refractivity contribution is 0.592. The second-order valence-corrected chi connectivity index (χ2v) is 40.8. The van der Waals surface area contributed by atoms with E-state index in [9.17, 15) is 0 Å². The van der Waals surface area contributed by atoms with E-state index in [1.165, 1.54) is 27.1 Å². The zero-order valence-electron chi connectivity index (χ0n) is 67.6. The molecule has 0 aliphatic carbocycles. The van der Waals surface area contributed by atoms with Crippen molar-refractivity contribution in [1.82, 2.24) is 13.7 Å². The molecule has 0 bridgehead atoms. The Morgan fingerprint density at radius 3 is 0.896 bits per heavy atom. The average Bonchev–Trinajstić information content (AvgIpc) is 1.53. The predicted molar refractivity (Wildman–Crippen MR) is 530 cm³/mol. The van der Waals surface area contributed by atoms with Gasteiger partial charge in [0.25, 0.3) is 0 Å². The number of para-hydroxylation sites is 4. The standard InChI is InChI=1S/C40H26NOP.2C38H24NOP/c42-43(29-16-5-2-6-17-29)39-31-19-8-7-15-28(31)23-24-32(39)33-25-26-37-38(40(33)43)34-20-10-12-22-36(34)41(37)35-21-11-9-18-30(35)27-13-3-1-4-14-27;40-41(27-14-2-1-3-15-27)37-29-17-7-5-12-26(29)21-22-30(37)31-23-24-35-36(38(31)41)32-18-8-9-19-34(32)39(35)33-20-10-13-25-11-4-6-16-28(25)33;40-41(29-13-2-1-3-14-29)37-30-15-7-6-11-26(30)19-21-31(37)32-22-23-35-36(38(32)41)33-16-8-9-17-34(33)39(35)28-20-18-25-10-4-5-12-27(25)24-28/h1-26H;2*1-24H. The summed E-state index contributed by atoms with van der Waals surface area (Å²) in [6, 6.07) is 157. The van der Waals surface area contributed by atoms with Gasteiger partial charge in [-0.3, -0.25) is 0 Å². The smallest absolute Gasteiger partial charge is 0.173 e. The number of hydrogen-bond acceptors (Lipinski definition) is 3. The Balaban J connectivity index is 0.000000103. The molecule has 0 radical (unpaired) electrons. The molecule has 0 amide bonds. The van der Waals surface area contributed by atoms with Crippen molar-refractivity contribution in [1.29, 1.82) is 0 Å². The molecule has 0 N–H and O–H groups in total. The van der Waals surface area contributed by atoms with E-state index in [2.05, 4.69) is 372 Å². The van der Waals surface area contributed by atoms with Crippen LogP contribution in [0.15, 0.2) is 449 Å². The van der Waals surface area contributed by atoms with Gasteiger partial charge in [0, 0.05) is 96.7 Å². The van der Waals surface area contributed by atoms with E-state index in [0.29, 0.717) is 0 Å².